The van der Waals surface area contributed by atoms with Crippen molar-refractivity contribution < 1.29 is 0 Å². The molecule has 1 saturated heterocycles. The second-order valence-electron chi connectivity index (χ2n) is 5.17. The minimum absolute atomic E-state index is 0.726. The fraction of sp³-hybridized carbons (Fsp3) is 0.692. The number of piperidine rings is 1. The van der Waals surface area contributed by atoms with E-state index in [1.807, 2.05) is 6.92 Å². The summed E-state index contributed by atoms with van der Waals surface area (Å²) in [6.07, 6.45) is 4.11. The van der Waals surface area contributed by atoms with Gasteiger partial charge in [0.25, 0.3) is 0 Å². The van der Waals surface area contributed by atoms with Crippen LogP contribution in [-0.4, -0.2) is 29.1 Å². The molecule has 2 atom stereocenters. The highest BCUT2D eigenvalue weighted by atomic mass is 15.3. The molecule has 0 aromatic carbocycles. The zero-order chi connectivity index (χ0) is 11.8. The highest BCUT2D eigenvalue weighted by molar-refractivity contribution is 5.51. The van der Waals surface area contributed by atoms with Gasteiger partial charge in [0.05, 0.1) is 0 Å². The minimum atomic E-state index is 0.726. The zero-order valence-corrected chi connectivity index (χ0v) is 10.6. The molecule has 0 amide bonds. The maximum absolute atomic E-state index is 4.59. The Labute approximate surface area is 102 Å². The van der Waals surface area contributed by atoms with Crippen molar-refractivity contribution in [1.82, 2.24) is 9.97 Å². The summed E-state index contributed by atoms with van der Waals surface area (Å²) < 4.78 is 0. The molecule has 2 fully saturated rings. The van der Waals surface area contributed by atoms with Crippen LogP contribution in [0.1, 0.15) is 32.0 Å². The maximum Gasteiger partial charge on any atom is 0.134 e. The fourth-order valence-electron chi connectivity index (χ4n) is 3.18. The fourth-order valence-corrected chi connectivity index (χ4v) is 3.18. The number of aromatic nitrogens is 2. The number of hydrogen-bond donors (Lipinski definition) is 1. The van der Waals surface area contributed by atoms with Crippen LogP contribution in [-0.2, 0) is 0 Å². The van der Waals surface area contributed by atoms with Crippen molar-refractivity contribution in [2.24, 2.45) is 5.92 Å². The van der Waals surface area contributed by atoms with E-state index < -0.39 is 0 Å². The Kier molecular flexibility index (Phi) is 2.65. The second kappa shape index (κ2) is 4.17. The van der Waals surface area contributed by atoms with Gasteiger partial charge in [-0.15, -0.1) is 0 Å². The van der Waals surface area contributed by atoms with Crippen molar-refractivity contribution in [2.45, 2.75) is 39.2 Å². The molecule has 4 heteroatoms. The molecule has 2 aliphatic rings. The number of nitrogens with one attached hydrogen (secondary N) is 1. The normalized spacial score (nSPS) is 26.6. The third-order valence-electron chi connectivity index (χ3n) is 3.89. The predicted octanol–water partition coefficient (Wildman–Crippen LogP) is 2.21. The Morgan fingerprint density at radius 2 is 2.29 bits per heavy atom. The number of aryl methyl sites for hydroxylation is 1. The summed E-state index contributed by atoms with van der Waals surface area (Å²) >= 11 is 0. The predicted molar refractivity (Wildman–Crippen MR) is 69.4 cm³/mol. The van der Waals surface area contributed by atoms with Crippen LogP contribution in [0.3, 0.4) is 0 Å². The van der Waals surface area contributed by atoms with E-state index >= 15 is 0 Å². The highest BCUT2D eigenvalue weighted by Crippen LogP contribution is 2.39. The molecule has 3 rings (SSSR count). The van der Waals surface area contributed by atoms with Gasteiger partial charge in [-0.05, 0) is 39.0 Å². The first-order valence-electron chi connectivity index (χ1n) is 6.62. The molecule has 1 aliphatic carbocycles. The van der Waals surface area contributed by atoms with Gasteiger partial charge in [0.1, 0.15) is 17.5 Å². The van der Waals surface area contributed by atoms with Crippen LogP contribution < -0.4 is 10.2 Å². The van der Waals surface area contributed by atoms with Gasteiger partial charge in [-0.1, -0.05) is 0 Å². The van der Waals surface area contributed by atoms with Crippen LogP contribution in [0.2, 0.25) is 0 Å². The van der Waals surface area contributed by atoms with Crippen molar-refractivity contribution >= 4 is 11.6 Å². The first-order chi connectivity index (χ1) is 8.26. The van der Waals surface area contributed by atoms with Gasteiger partial charge in [-0.2, -0.15) is 0 Å². The van der Waals surface area contributed by atoms with Crippen LogP contribution in [0.15, 0.2) is 6.07 Å². The Balaban J connectivity index is 1.87. The molecule has 2 bridgehead atoms. The number of anilines is 2. The molecular formula is C13H20N4. The van der Waals surface area contributed by atoms with Gasteiger partial charge in [0, 0.05) is 25.2 Å². The van der Waals surface area contributed by atoms with E-state index in [1.165, 1.54) is 25.8 Å². The van der Waals surface area contributed by atoms with E-state index in [0.717, 1.165) is 36.0 Å². The summed E-state index contributed by atoms with van der Waals surface area (Å²) in [5.74, 6) is 3.83. The first-order valence-corrected chi connectivity index (χ1v) is 6.62. The maximum atomic E-state index is 4.59. The van der Waals surface area contributed by atoms with Crippen molar-refractivity contribution in [3.63, 3.8) is 0 Å². The molecule has 4 nitrogen and oxygen atoms in total. The summed E-state index contributed by atoms with van der Waals surface area (Å²) in [5, 5.41) is 3.28. The molecule has 0 radical (unpaired) electrons. The van der Waals surface area contributed by atoms with Crippen molar-refractivity contribution in [3.05, 3.63) is 11.9 Å². The molecule has 1 aromatic rings. The largest absolute Gasteiger partial charge is 0.370 e. The third-order valence-corrected chi connectivity index (χ3v) is 3.89. The highest BCUT2D eigenvalue weighted by Gasteiger charge is 2.38. The third kappa shape index (κ3) is 1.96. The number of fused-ring (bicyclic) bond motifs is 2. The molecule has 1 aliphatic heterocycles. The average molecular weight is 232 g/mol. The second-order valence-corrected chi connectivity index (χ2v) is 5.17. The molecule has 0 spiro atoms. The van der Waals surface area contributed by atoms with Gasteiger partial charge in [-0.25, -0.2) is 9.97 Å². The summed E-state index contributed by atoms with van der Waals surface area (Å²) in [6.45, 7) is 6.15. The number of rotatable bonds is 3. The van der Waals surface area contributed by atoms with Crippen molar-refractivity contribution in [1.29, 1.82) is 0 Å². The molecule has 17 heavy (non-hydrogen) atoms. The molecule has 2 unspecified atom stereocenters. The molecule has 1 aromatic heterocycles. The molecular weight excluding hydrogens is 212 g/mol. The smallest absolute Gasteiger partial charge is 0.134 e. The lowest BCUT2D eigenvalue weighted by Gasteiger charge is -2.28. The summed E-state index contributed by atoms with van der Waals surface area (Å²) in [4.78, 5) is 11.5. The Morgan fingerprint density at radius 1 is 1.41 bits per heavy atom. The van der Waals surface area contributed by atoms with E-state index in [1.54, 1.807) is 0 Å². The number of hydrogen-bond acceptors (Lipinski definition) is 4. The Morgan fingerprint density at radius 3 is 2.94 bits per heavy atom. The van der Waals surface area contributed by atoms with Crippen LogP contribution in [0.5, 0.6) is 0 Å². The zero-order valence-electron chi connectivity index (χ0n) is 10.6. The van der Waals surface area contributed by atoms with Gasteiger partial charge in [-0.3, -0.25) is 0 Å². The summed E-state index contributed by atoms with van der Waals surface area (Å²) in [7, 11) is 0. The van der Waals surface area contributed by atoms with Gasteiger partial charge in [0.15, 0.2) is 0 Å². The van der Waals surface area contributed by atoms with Gasteiger partial charge < -0.3 is 10.2 Å². The lowest BCUT2D eigenvalue weighted by molar-refractivity contribution is 0.550. The van der Waals surface area contributed by atoms with E-state index in [9.17, 15) is 0 Å². The van der Waals surface area contributed by atoms with Crippen LogP contribution in [0, 0.1) is 12.8 Å². The Bertz CT molecular complexity index is 418. The van der Waals surface area contributed by atoms with Crippen molar-refractivity contribution in [2.75, 3.05) is 23.3 Å². The summed E-state index contributed by atoms with van der Waals surface area (Å²) in [5.41, 5.74) is 0. The van der Waals surface area contributed by atoms with E-state index in [2.05, 4.69) is 33.2 Å². The quantitative estimate of drug-likeness (QED) is 0.867. The van der Waals surface area contributed by atoms with E-state index in [4.69, 9.17) is 0 Å². The summed E-state index contributed by atoms with van der Waals surface area (Å²) in [6, 6.07) is 2.82. The molecule has 1 N–H and O–H groups in total. The molecule has 92 valence electrons. The standard InChI is InChI=1S/C13H20N4/c1-3-14-12-7-13(16-9(2)15-12)17-8-10-4-5-11(17)6-10/h7,10-11H,3-6,8H2,1-2H3,(H,14,15,16). The van der Waals surface area contributed by atoms with E-state index in [-0.39, 0.29) is 0 Å². The number of nitrogens with zero attached hydrogens (tertiary/aromatic N) is 3. The first kappa shape index (κ1) is 10.8. The van der Waals surface area contributed by atoms with E-state index in [0.29, 0.717) is 0 Å². The average Bonchev–Trinajstić information content (AvgIpc) is 2.90. The lowest BCUT2D eigenvalue weighted by atomic mass is 10.1. The van der Waals surface area contributed by atoms with Gasteiger partial charge >= 0.3 is 0 Å². The van der Waals surface area contributed by atoms with Crippen LogP contribution in [0.4, 0.5) is 11.6 Å². The lowest BCUT2D eigenvalue weighted by Crippen LogP contribution is -2.32. The van der Waals surface area contributed by atoms with Crippen molar-refractivity contribution in [3.8, 4) is 0 Å². The van der Waals surface area contributed by atoms with Gasteiger partial charge in [0.2, 0.25) is 0 Å². The SMILES string of the molecule is CCNc1cc(N2CC3CCC2C3)nc(C)n1. The van der Waals surface area contributed by atoms with Crippen LogP contribution in [0.25, 0.3) is 0 Å². The minimum Gasteiger partial charge on any atom is -0.370 e. The molecule has 2 heterocycles. The topological polar surface area (TPSA) is 41.0 Å². The monoisotopic (exact) mass is 232 g/mol. The molecule has 1 saturated carbocycles. The Hall–Kier alpha value is -1.32. The van der Waals surface area contributed by atoms with Crippen LogP contribution >= 0.6 is 0 Å².